The first-order chi connectivity index (χ1) is 9.76. The molecule has 0 aromatic carbocycles. The van der Waals surface area contributed by atoms with Crippen LogP contribution in [0.15, 0.2) is 6.33 Å². The Morgan fingerprint density at radius 2 is 2.35 bits per heavy atom. The van der Waals surface area contributed by atoms with Crippen LogP contribution in [0.2, 0.25) is 0 Å². The summed E-state index contributed by atoms with van der Waals surface area (Å²) in [5, 5.41) is 12.1. The number of hydrogen-bond acceptors (Lipinski definition) is 7. The number of ether oxygens (including phenoxy) is 2. The fourth-order valence-corrected chi connectivity index (χ4v) is 2.40. The molecular formula is C12H17N5O3. The summed E-state index contributed by atoms with van der Waals surface area (Å²) in [4.78, 5) is 12.9. The van der Waals surface area contributed by atoms with E-state index in [0.29, 0.717) is 17.0 Å². The van der Waals surface area contributed by atoms with Gasteiger partial charge < -0.3 is 19.9 Å². The molecule has 0 saturated carbocycles. The number of rotatable bonds is 4. The molecule has 20 heavy (non-hydrogen) atoms. The molecule has 3 rings (SSSR count). The van der Waals surface area contributed by atoms with Crippen molar-refractivity contribution in [2.75, 3.05) is 26.1 Å². The molecule has 2 N–H and O–H groups in total. The summed E-state index contributed by atoms with van der Waals surface area (Å²) >= 11 is 0. The number of methoxy groups -OCH3 is 1. The minimum absolute atomic E-state index is 0.0310. The highest BCUT2D eigenvalue weighted by Gasteiger charge is 2.28. The van der Waals surface area contributed by atoms with E-state index in [4.69, 9.17) is 14.6 Å². The number of aliphatic hydroxyl groups excluding tert-OH is 1. The van der Waals surface area contributed by atoms with Crippen molar-refractivity contribution in [1.29, 1.82) is 0 Å². The number of nitrogens with zero attached hydrogens (tertiary/aromatic N) is 4. The van der Waals surface area contributed by atoms with Gasteiger partial charge in [0.05, 0.1) is 26.1 Å². The lowest BCUT2D eigenvalue weighted by atomic mass is 10.2. The Kier molecular flexibility index (Phi) is 3.41. The highest BCUT2D eigenvalue weighted by atomic mass is 16.5. The zero-order chi connectivity index (χ0) is 14.1. The number of fused-ring (bicyclic) bond motifs is 1. The fraction of sp³-hybridized carbons (Fsp3) is 0.583. The number of hydrogen-bond donors (Lipinski definition) is 2. The van der Waals surface area contributed by atoms with Crippen LogP contribution in [-0.2, 0) is 4.74 Å². The topological polar surface area (TPSA) is 94.3 Å². The lowest BCUT2D eigenvalue weighted by Crippen LogP contribution is -2.14. The average Bonchev–Trinajstić information content (AvgIpc) is 3.11. The maximum atomic E-state index is 9.15. The lowest BCUT2D eigenvalue weighted by Gasteiger charge is -2.14. The van der Waals surface area contributed by atoms with E-state index >= 15 is 0 Å². The normalized spacial score (nSPS) is 22.4. The Labute approximate surface area is 115 Å². The number of imidazole rings is 1. The summed E-state index contributed by atoms with van der Waals surface area (Å²) in [5.41, 5.74) is 1.33. The first-order valence-corrected chi connectivity index (χ1v) is 6.49. The minimum Gasteiger partial charge on any atom is -0.467 e. The first kappa shape index (κ1) is 13.1. The molecule has 0 radical (unpaired) electrons. The first-order valence-electron chi connectivity index (χ1n) is 6.49. The van der Waals surface area contributed by atoms with Crippen molar-refractivity contribution in [2.24, 2.45) is 0 Å². The Morgan fingerprint density at radius 3 is 3.00 bits per heavy atom. The van der Waals surface area contributed by atoms with Gasteiger partial charge in [-0.25, -0.2) is 4.98 Å². The van der Waals surface area contributed by atoms with Crippen molar-refractivity contribution in [1.82, 2.24) is 19.5 Å². The Bertz CT molecular complexity index is 614. The molecule has 3 heterocycles. The number of anilines is 1. The van der Waals surface area contributed by atoms with E-state index in [9.17, 15) is 0 Å². The SMILES string of the molecule is CNc1nc(OC)nc2c1ncn2C1CCC(CO)O1. The van der Waals surface area contributed by atoms with Gasteiger partial charge in [0.1, 0.15) is 6.23 Å². The predicted molar refractivity (Wildman–Crippen MR) is 71.7 cm³/mol. The van der Waals surface area contributed by atoms with E-state index in [2.05, 4.69) is 20.3 Å². The van der Waals surface area contributed by atoms with Gasteiger partial charge in [-0.2, -0.15) is 9.97 Å². The van der Waals surface area contributed by atoms with E-state index < -0.39 is 0 Å². The van der Waals surface area contributed by atoms with Gasteiger partial charge in [-0.15, -0.1) is 0 Å². The maximum Gasteiger partial charge on any atom is 0.320 e. The average molecular weight is 279 g/mol. The van der Waals surface area contributed by atoms with Crippen LogP contribution >= 0.6 is 0 Å². The third-order valence-electron chi connectivity index (χ3n) is 3.42. The van der Waals surface area contributed by atoms with Crippen LogP contribution in [0.25, 0.3) is 11.2 Å². The molecule has 1 aliphatic rings. The van der Waals surface area contributed by atoms with E-state index in [0.717, 1.165) is 12.8 Å². The summed E-state index contributed by atoms with van der Waals surface area (Å²) in [5.74, 6) is 0.613. The zero-order valence-corrected chi connectivity index (χ0v) is 11.4. The van der Waals surface area contributed by atoms with E-state index in [-0.39, 0.29) is 24.9 Å². The third kappa shape index (κ3) is 2.06. The van der Waals surface area contributed by atoms with Crippen molar-refractivity contribution in [2.45, 2.75) is 25.2 Å². The molecule has 1 aliphatic heterocycles. The summed E-state index contributed by atoms with van der Waals surface area (Å²) in [6.45, 7) is 0.0310. The van der Waals surface area contributed by atoms with Crippen molar-refractivity contribution in [3.8, 4) is 6.01 Å². The van der Waals surface area contributed by atoms with Crippen LogP contribution in [0.3, 0.4) is 0 Å². The Balaban J connectivity index is 2.04. The zero-order valence-electron chi connectivity index (χ0n) is 11.4. The highest BCUT2D eigenvalue weighted by Crippen LogP contribution is 2.31. The number of aliphatic hydroxyl groups is 1. The van der Waals surface area contributed by atoms with Crippen molar-refractivity contribution < 1.29 is 14.6 Å². The second-order valence-electron chi connectivity index (χ2n) is 4.61. The third-order valence-corrected chi connectivity index (χ3v) is 3.42. The molecule has 0 spiro atoms. The van der Waals surface area contributed by atoms with E-state index in [1.54, 1.807) is 13.4 Å². The standard InChI is InChI=1S/C12H17N5O3/c1-13-10-9-11(16-12(15-10)19-2)17(6-14-9)8-4-3-7(5-18)20-8/h6-8,18H,3-5H2,1-2H3,(H,13,15,16). The van der Waals surface area contributed by atoms with Crippen LogP contribution in [-0.4, -0.2) is 51.5 Å². The van der Waals surface area contributed by atoms with E-state index in [1.807, 2.05) is 4.57 Å². The summed E-state index contributed by atoms with van der Waals surface area (Å²) in [6, 6.07) is 0.278. The van der Waals surface area contributed by atoms with Gasteiger partial charge in [-0.1, -0.05) is 0 Å². The molecule has 8 nitrogen and oxygen atoms in total. The molecular weight excluding hydrogens is 262 g/mol. The molecule has 0 amide bonds. The molecule has 1 saturated heterocycles. The molecule has 108 valence electrons. The largest absolute Gasteiger partial charge is 0.467 e. The number of aromatic nitrogens is 4. The monoisotopic (exact) mass is 279 g/mol. The summed E-state index contributed by atoms with van der Waals surface area (Å²) in [6.07, 6.45) is 3.04. The van der Waals surface area contributed by atoms with Crippen LogP contribution in [0.4, 0.5) is 5.82 Å². The highest BCUT2D eigenvalue weighted by molar-refractivity contribution is 5.83. The van der Waals surface area contributed by atoms with Gasteiger partial charge in [0.25, 0.3) is 0 Å². The van der Waals surface area contributed by atoms with Gasteiger partial charge in [-0.3, -0.25) is 4.57 Å². The Hall–Kier alpha value is -1.93. The van der Waals surface area contributed by atoms with Gasteiger partial charge in [0.2, 0.25) is 0 Å². The molecule has 0 bridgehead atoms. The second-order valence-corrected chi connectivity index (χ2v) is 4.61. The van der Waals surface area contributed by atoms with Crippen molar-refractivity contribution in [3.05, 3.63) is 6.33 Å². The predicted octanol–water partition coefficient (Wildman–Crippen LogP) is 0.546. The van der Waals surface area contributed by atoms with Gasteiger partial charge in [0, 0.05) is 7.05 Å². The van der Waals surface area contributed by atoms with E-state index in [1.165, 1.54) is 7.11 Å². The van der Waals surface area contributed by atoms with Crippen molar-refractivity contribution in [3.63, 3.8) is 0 Å². The van der Waals surface area contributed by atoms with Crippen molar-refractivity contribution >= 4 is 17.0 Å². The quantitative estimate of drug-likeness (QED) is 0.843. The molecule has 2 unspecified atom stereocenters. The molecule has 1 fully saturated rings. The summed E-state index contributed by atoms with van der Waals surface area (Å²) in [7, 11) is 3.29. The van der Waals surface area contributed by atoms with Crippen LogP contribution in [0.5, 0.6) is 6.01 Å². The Morgan fingerprint density at radius 1 is 1.50 bits per heavy atom. The second kappa shape index (κ2) is 5.22. The summed E-state index contributed by atoms with van der Waals surface area (Å²) < 4.78 is 12.7. The van der Waals surface area contributed by atoms with Gasteiger partial charge >= 0.3 is 6.01 Å². The smallest absolute Gasteiger partial charge is 0.320 e. The number of nitrogens with one attached hydrogen (secondary N) is 1. The lowest BCUT2D eigenvalue weighted by molar-refractivity contribution is -0.0207. The molecule has 0 aliphatic carbocycles. The maximum absolute atomic E-state index is 9.15. The van der Waals surface area contributed by atoms with Crippen LogP contribution in [0.1, 0.15) is 19.1 Å². The van der Waals surface area contributed by atoms with Crippen LogP contribution < -0.4 is 10.1 Å². The van der Waals surface area contributed by atoms with Gasteiger partial charge in [-0.05, 0) is 12.8 Å². The van der Waals surface area contributed by atoms with Gasteiger partial charge in [0.15, 0.2) is 17.0 Å². The molecule has 8 heteroatoms. The molecule has 2 aromatic heterocycles. The molecule has 2 atom stereocenters. The van der Waals surface area contributed by atoms with Crippen LogP contribution in [0, 0.1) is 0 Å². The minimum atomic E-state index is -0.165. The fourth-order valence-electron chi connectivity index (χ4n) is 2.40. The molecule has 2 aromatic rings.